The zero-order chi connectivity index (χ0) is 15.0. The highest BCUT2D eigenvalue weighted by atomic mass is 32.1. The molecule has 1 fully saturated rings. The van der Waals surface area contributed by atoms with Gasteiger partial charge in [0.1, 0.15) is 11.6 Å². The van der Waals surface area contributed by atoms with Crippen molar-refractivity contribution in [2.45, 2.75) is 6.92 Å². The maximum absolute atomic E-state index is 12.3. The summed E-state index contributed by atoms with van der Waals surface area (Å²) in [6.07, 6.45) is 3.42. The highest BCUT2D eigenvalue weighted by Crippen LogP contribution is 2.18. The second-order valence-electron chi connectivity index (χ2n) is 4.77. The van der Waals surface area contributed by atoms with Gasteiger partial charge in [0, 0.05) is 26.3 Å². The first kappa shape index (κ1) is 13.7. The number of amides is 2. The lowest BCUT2D eigenvalue weighted by atomic mass is 10.3. The fraction of sp³-hybridized carbons (Fsp3) is 0.417. The second-order valence-corrected chi connectivity index (χ2v) is 5.95. The Hall–Kier alpha value is -2.29. The minimum absolute atomic E-state index is 0.0480. The van der Waals surface area contributed by atoms with Crippen molar-refractivity contribution in [2.75, 3.05) is 24.5 Å². The van der Waals surface area contributed by atoms with Crippen LogP contribution in [0.15, 0.2) is 12.4 Å². The average molecular weight is 306 g/mol. The molecule has 0 spiro atoms. The third kappa shape index (κ3) is 2.64. The summed E-state index contributed by atoms with van der Waals surface area (Å²) in [5.74, 6) is -0.358. The minimum Gasteiger partial charge on any atom is -0.325 e. The van der Waals surface area contributed by atoms with Crippen LogP contribution in [0.4, 0.5) is 5.69 Å². The number of anilines is 1. The Morgan fingerprint density at radius 1 is 1.33 bits per heavy atom. The van der Waals surface area contributed by atoms with Crippen molar-refractivity contribution in [3.8, 4) is 0 Å². The van der Waals surface area contributed by atoms with Crippen LogP contribution in [0, 0.1) is 6.92 Å². The van der Waals surface area contributed by atoms with E-state index in [2.05, 4.69) is 15.3 Å². The lowest BCUT2D eigenvalue weighted by Crippen LogP contribution is -2.52. The molecule has 1 aliphatic heterocycles. The van der Waals surface area contributed by atoms with Gasteiger partial charge < -0.3 is 9.80 Å². The molecule has 0 aliphatic carbocycles. The number of carbonyl (C=O) groups excluding carboxylic acids is 2. The van der Waals surface area contributed by atoms with Crippen LogP contribution in [0.2, 0.25) is 0 Å². The van der Waals surface area contributed by atoms with E-state index in [1.807, 2.05) is 0 Å². The topological polar surface area (TPSA) is 84.2 Å². The van der Waals surface area contributed by atoms with Crippen LogP contribution in [-0.2, 0) is 11.8 Å². The lowest BCUT2D eigenvalue weighted by molar-refractivity contribution is -0.120. The molecule has 0 unspecified atom stereocenters. The maximum Gasteiger partial charge on any atom is 0.285 e. The van der Waals surface area contributed by atoms with Crippen LogP contribution in [0.5, 0.6) is 0 Å². The van der Waals surface area contributed by atoms with E-state index in [4.69, 9.17) is 0 Å². The Kier molecular flexibility index (Phi) is 3.42. The third-order valence-electron chi connectivity index (χ3n) is 3.22. The van der Waals surface area contributed by atoms with Crippen molar-refractivity contribution in [2.24, 2.45) is 7.05 Å². The summed E-state index contributed by atoms with van der Waals surface area (Å²) in [6, 6.07) is 0. The molecule has 3 rings (SSSR count). The van der Waals surface area contributed by atoms with Crippen LogP contribution in [0.3, 0.4) is 0 Å². The molecule has 3 heterocycles. The molecule has 0 radical (unpaired) electrons. The van der Waals surface area contributed by atoms with Crippen LogP contribution < -0.4 is 4.90 Å². The molecular weight excluding hydrogens is 292 g/mol. The van der Waals surface area contributed by atoms with E-state index >= 15 is 0 Å². The first-order chi connectivity index (χ1) is 10.0. The normalized spacial score (nSPS) is 15.6. The highest BCUT2D eigenvalue weighted by molar-refractivity contribution is 7.13. The fourth-order valence-electron chi connectivity index (χ4n) is 2.19. The molecule has 1 saturated heterocycles. The van der Waals surface area contributed by atoms with E-state index in [-0.39, 0.29) is 18.4 Å². The second kappa shape index (κ2) is 5.24. The van der Waals surface area contributed by atoms with E-state index in [9.17, 15) is 9.59 Å². The van der Waals surface area contributed by atoms with Gasteiger partial charge in [-0.05, 0) is 6.92 Å². The Morgan fingerprint density at radius 2 is 2.14 bits per heavy atom. The molecule has 8 nitrogen and oxygen atoms in total. The zero-order valence-electron chi connectivity index (χ0n) is 11.7. The van der Waals surface area contributed by atoms with Gasteiger partial charge >= 0.3 is 0 Å². The first-order valence-corrected chi connectivity index (χ1v) is 7.24. The monoisotopic (exact) mass is 306 g/mol. The quantitative estimate of drug-likeness (QED) is 0.784. The average Bonchev–Trinajstić information content (AvgIpc) is 3.06. The SMILES string of the molecule is Cc1nnc(C(=O)N2CCN(c3cnn(C)c3)C(=O)C2)s1. The van der Waals surface area contributed by atoms with Gasteiger partial charge in [0.25, 0.3) is 5.91 Å². The number of hydrogen-bond acceptors (Lipinski definition) is 6. The van der Waals surface area contributed by atoms with Crippen LogP contribution in [0.25, 0.3) is 0 Å². The molecule has 0 aromatic carbocycles. The van der Waals surface area contributed by atoms with E-state index in [0.29, 0.717) is 18.1 Å². The van der Waals surface area contributed by atoms with Gasteiger partial charge in [-0.1, -0.05) is 11.3 Å². The van der Waals surface area contributed by atoms with Crippen molar-refractivity contribution in [1.29, 1.82) is 0 Å². The van der Waals surface area contributed by atoms with Crippen molar-refractivity contribution < 1.29 is 9.59 Å². The highest BCUT2D eigenvalue weighted by Gasteiger charge is 2.30. The van der Waals surface area contributed by atoms with Crippen LogP contribution in [0.1, 0.15) is 14.8 Å². The van der Waals surface area contributed by atoms with Gasteiger partial charge in [0.2, 0.25) is 10.9 Å². The molecule has 1 aliphatic rings. The molecule has 0 saturated carbocycles. The number of nitrogens with zero attached hydrogens (tertiary/aromatic N) is 6. The standard InChI is InChI=1S/C12H14N6O2S/c1-8-14-15-11(21-8)12(20)17-3-4-18(10(19)7-17)9-5-13-16(2)6-9/h5-6H,3-4,7H2,1-2H3. The number of aromatic nitrogens is 4. The summed E-state index contributed by atoms with van der Waals surface area (Å²) in [6.45, 7) is 2.76. The van der Waals surface area contributed by atoms with Gasteiger partial charge in [-0.2, -0.15) is 5.10 Å². The molecule has 0 N–H and O–H groups in total. The molecule has 9 heteroatoms. The van der Waals surface area contributed by atoms with Gasteiger partial charge in [-0.3, -0.25) is 14.3 Å². The minimum atomic E-state index is -0.236. The van der Waals surface area contributed by atoms with Crippen molar-refractivity contribution in [3.63, 3.8) is 0 Å². The molecule has 2 amide bonds. The molecule has 2 aromatic heterocycles. The molecule has 21 heavy (non-hydrogen) atoms. The van der Waals surface area contributed by atoms with Crippen molar-refractivity contribution in [3.05, 3.63) is 22.4 Å². The molecule has 0 atom stereocenters. The summed E-state index contributed by atoms with van der Waals surface area (Å²) in [4.78, 5) is 27.6. The molecule has 2 aromatic rings. The largest absolute Gasteiger partial charge is 0.325 e. The van der Waals surface area contributed by atoms with Crippen molar-refractivity contribution in [1.82, 2.24) is 24.9 Å². The predicted octanol–water partition coefficient (Wildman–Crippen LogP) is 0.0690. The first-order valence-electron chi connectivity index (χ1n) is 6.43. The van der Waals surface area contributed by atoms with Gasteiger partial charge in [0.15, 0.2) is 0 Å². The summed E-state index contributed by atoms with van der Waals surface area (Å²) in [5.41, 5.74) is 0.751. The molecule has 0 bridgehead atoms. The zero-order valence-corrected chi connectivity index (χ0v) is 12.5. The molecular formula is C12H14N6O2S. The van der Waals surface area contributed by atoms with Gasteiger partial charge in [0.05, 0.1) is 11.9 Å². The number of piperazine rings is 1. The predicted molar refractivity (Wildman–Crippen MR) is 76.1 cm³/mol. The smallest absolute Gasteiger partial charge is 0.285 e. The van der Waals surface area contributed by atoms with E-state index in [1.165, 1.54) is 16.2 Å². The van der Waals surface area contributed by atoms with Crippen LogP contribution in [-0.4, -0.2) is 56.3 Å². The number of hydrogen-bond donors (Lipinski definition) is 0. The fourth-order valence-corrected chi connectivity index (χ4v) is 2.85. The van der Waals surface area contributed by atoms with E-state index in [1.54, 1.807) is 35.9 Å². The Balaban J connectivity index is 1.71. The van der Waals surface area contributed by atoms with Gasteiger partial charge in [-0.25, -0.2) is 0 Å². The Bertz CT molecular complexity index is 693. The van der Waals surface area contributed by atoms with Crippen LogP contribution >= 0.6 is 11.3 Å². The lowest BCUT2D eigenvalue weighted by Gasteiger charge is -2.33. The van der Waals surface area contributed by atoms with E-state index in [0.717, 1.165) is 10.7 Å². The number of rotatable bonds is 2. The summed E-state index contributed by atoms with van der Waals surface area (Å²) in [5, 5.41) is 12.8. The number of carbonyl (C=O) groups is 2. The van der Waals surface area contributed by atoms with Gasteiger partial charge in [-0.15, -0.1) is 10.2 Å². The van der Waals surface area contributed by atoms with Crippen molar-refractivity contribution >= 4 is 28.8 Å². The van der Waals surface area contributed by atoms with E-state index < -0.39 is 0 Å². The Morgan fingerprint density at radius 3 is 2.71 bits per heavy atom. The molecule has 110 valence electrons. The summed E-state index contributed by atoms with van der Waals surface area (Å²) in [7, 11) is 1.80. The number of aryl methyl sites for hydroxylation is 2. The third-order valence-corrected chi connectivity index (χ3v) is 4.05. The summed E-state index contributed by atoms with van der Waals surface area (Å²) < 4.78 is 1.64. The Labute approximate surface area is 125 Å². The maximum atomic E-state index is 12.3. The summed E-state index contributed by atoms with van der Waals surface area (Å²) >= 11 is 1.24.